The van der Waals surface area contributed by atoms with Gasteiger partial charge in [0.25, 0.3) is 0 Å². The summed E-state index contributed by atoms with van der Waals surface area (Å²) in [7, 11) is 0. The molecule has 1 saturated carbocycles. The van der Waals surface area contributed by atoms with Crippen molar-refractivity contribution in [2.75, 3.05) is 6.61 Å². The molecule has 2 aromatic rings. The van der Waals surface area contributed by atoms with Crippen LogP contribution in [0.25, 0.3) is 11.3 Å². The standard InChI is InChI=1S/C23H31FN2O/c1-3-4-15-27-23-14-13-22(25-26-23)20-12-11-19(21(24)16-20)10-9-18-7-5-17(2)6-8-18/h11-14,16-18H,3-10,15H2,1-2H3. The second-order valence-corrected chi connectivity index (χ2v) is 7.93. The number of hydrogen-bond acceptors (Lipinski definition) is 3. The van der Waals surface area contributed by atoms with Gasteiger partial charge in [-0.1, -0.05) is 58.1 Å². The molecule has 1 aromatic carbocycles. The Hall–Kier alpha value is -1.97. The van der Waals surface area contributed by atoms with E-state index in [4.69, 9.17) is 4.74 Å². The molecule has 0 atom stereocenters. The van der Waals surface area contributed by atoms with Gasteiger partial charge in [0.1, 0.15) is 5.82 Å². The number of aromatic nitrogens is 2. The zero-order valence-corrected chi connectivity index (χ0v) is 16.6. The first-order chi connectivity index (χ1) is 13.2. The number of benzene rings is 1. The van der Waals surface area contributed by atoms with Crippen LogP contribution in [-0.2, 0) is 6.42 Å². The van der Waals surface area contributed by atoms with E-state index in [1.54, 1.807) is 12.1 Å². The van der Waals surface area contributed by atoms with Gasteiger partial charge in [0.2, 0.25) is 5.88 Å². The van der Waals surface area contributed by atoms with Crippen molar-refractivity contribution in [2.45, 2.75) is 65.2 Å². The Morgan fingerprint density at radius 2 is 1.89 bits per heavy atom. The molecule has 3 rings (SSSR count). The molecule has 1 aliphatic rings. The minimum absolute atomic E-state index is 0.137. The minimum atomic E-state index is -0.137. The highest BCUT2D eigenvalue weighted by Gasteiger charge is 2.18. The van der Waals surface area contributed by atoms with Crippen LogP contribution in [0.2, 0.25) is 0 Å². The number of ether oxygens (including phenoxy) is 1. The van der Waals surface area contributed by atoms with Crippen LogP contribution in [0.15, 0.2) is 30.3 Å². The Bertz CT molecular complexity index is 709. The van der Waals surface area contributed by atoms with Crippen molar-refractivity contribution in [1.29, 1.82) is 0 Å². The molecule has 146 valence electrons. The molecule has 1 aromatic heterocycles. The first-order valence-electron chi connectivity index (χ1n) is 10.4. The minimum Gasteiger partial charge on any atom is -0.477 e. The molecule has 0 spiro atoms. The monoisotopic (exact) mass is 370 g/mol. The molecule has 0 saturated heterocycles. The second-order valence-electron chi connectivity index (χ2n) is 7.93. The molecule has 1 aliphatic carbocycles. The zero-order chi connectivity index (χ0) is 19.1. The van der Waals surface area contributed by atoms with E-state index in [0.717, 1.165) is 48.6 Å². The lowest BCUT2D eigenvalue weighted by Crippen LogP contribution is -2.13. The molecule has 0 radical (unpaired) electrons. The molecule has 27 heavy (non-hydrogen) atoms. The molecule has 1 fully saturated rings. The maximum Gasteiger partial charge on any atom is 0.233 e. The Balaban J connectivity index is 1.57. The first-order valence-corrected chi connectivity index (χ1v) is 10.4. The van der Waals surface area contributed by atoms with Crippen molar-refractivity contribution < 1.29 is 9.13 Å². The quantitative estimate of drug-likeness (QED) is 0.517. The number of aryl methyl sites for hydroxylation is 1. The molecule has 3 nitrogen and oxygen atoms in total. The number of nitrogens with zero attached hydrogens (tertiary/aromatic N) is 2. The SMILES string of the molecule is CCCCOc1ccc(-c2ccc(CCC3CCC(C)CC3)c(F)c2)nn1. The van der Waals surface area contributed by atoms with Crippen LogP contribution in [0.5, 0.6) is 5.88 Å². The van der Waals surface area contributed by atoms with Gasteiger partial charge in [-0.05, 0) is 48.8 Å². The average molecular weight is 371 g/mol. The summed E-state index contributed by atoms with van der Waals surface area (Å²) in [4.78, 5) is 0. The second kappa shape index (κ2) is 9.82. The van der Waals surface area contributed by atoms with Crippen molar-refractivity contribution in [2.24, 2.45) is 11.8 Å². The van der Waals surface area contributed by atoms with Crippen LogP contribution in [-0.4, -0.2) is 16.8 Å². The number of hydrogen-bond donors (Lipinski definition) is 0. The highest BCUT2D eigenvalue weighted by atomic mass is 19.1. The lowest BCUT2D eigenvalue weighted by atomic mass is 9.80. The Morgan fingerprint density at radius 3 is 2.56 bits per heavy atom. The maximum atomic E-state index is 14.6. The largest absolute Gasteiger partial charge is 0.477 e. The predicted molar refractivity (Wildman–Crippen MR) is 107 cm³/mol. The van der Waals surface area contributed by atoms with Gasteiger partial charge in [-0.15, -0.1) is 10.2 Å². The Labute approximate surface area is 162 Å². The Morgan fingerprint density at radius 1 is 1.07 bits per heavy atom. The van der Waals surface area contributed by atoms with E-state index in [0.29, 0.717) is 18.2 Å². The van der Waals surface area contributed by atoms with E-state index in [1.165, 1.54) is 25.7 Å². The molecule has 4 heteroatoms. The summed E-state index contributed by atoms with van der Waals surface area (Å²) in [6.45, 7) is 5.10. The summed E-state index contributed by atoms with van der Waals surface area (Å²) in [5, 5.41) is 8.27. The fourth-order valence-electron chi connectivity index (χ4n) is 3.76. The number of rotatable bonds is 8. The van der Waals surface area contributed by atoms with Crippen molar-refractivity contribution in [1.82, 2.24) is 10.2 Å². The van der Waals surface area contributed by atoms with E-state index in [9.17, 15) is 4.39 Å². The molecular formula is C23H31FN2O. The smallest absolute Gasteiger partial charge is 0.233 e. The summed E-state index contributed by atoms with van der Waals surface area (Å²) < 4.78 is 20.1. The van der Waals surface area contributed by atoms with Gasteiger partial charge in [0.15, 0.2) is 0 Å². The molecule has 0 unspecified atom stereocenters. The van der Waals surface area contributed by atoms with Gasteiger partial charge in [0, 0.05) is 11.6 Å². The third-order valence-corrected chi connectivity index (χ3v) is 5.69. The summed E-state index contributed by atoms with van der Waals surface area (Å²) >= 11 is 0. The van der Waals surface area contributed by atoms with Crippen LogP contribution in [0.3, 0.4) is 0 Å². The van der Waals surface area contributed by atoms with E-state index in [1.807, 2.05) is 18.2 Å². The van der Waals surface area contributed by atoms with Gasteiger partial charge in [-0.2, -0.15) is 0 Å². The molecule has 0 amide bonds. The van der Waals surface area contributed by atoms with Crippen LogP contribution in [0, 0.1) is 17.7 Å². The highest BCUT2D eigenvalue weighted by Crippen LogP contribution is 2.31. The van der Waals surface area contributed by atoms with E-state index >= 15 is 0 Å². The van der Waals surface area contributed by atoms with Gasteiger partial charge in [0.05, 0.1) is 12.3 Å². The van der Waals surface area contributed by atoms with Gasteiger partial charge >= 0.3 is 0 Å². The highest BCUT2D eigenvalue weighted by molar-refractivity contribution is 5.59. The Kier molecular flexibility index (Phi) is 7.19. The van der Waals surface area contributed by atoms with Gasteiger partial charge in [-0.25, -0.2) is 4.39 Å². The van der Waals surface area contributed by atoms with Crippen LogP contribution < -0.4 is 4.74 Å². The summed E-state index contributed by atoms with van der Waals surface area (Å²) in [5.41, 5.74) is 2.24. The third kappa shape index (κ3) is 5.75. The fourth-order valence-corrected chi connectivity index (χ4v) is 3.76. The predicted octanol–water partition coefficient (Wildman–Crippen LogP) is 6.22. The van der Waals surface area contributed by atoms with Crippen LogP contribution >= 0.6 is 0 Å². The van der Waals surface area contributed by atoms with E-state index in [-0.39, 0.29) is 5.82 Å². The number of unbranched alkanes of at least 4 members (excludes halogenated alkanes) is 1. The van der Waals surface area contributed by atoms with Gasteiger partial charge in [-0.3, -0.25) is 0 Å². The summed E-state index contributed by atoms with van der Waals surface area (Å²) in [6, 6.07) is 9.08. The lowest BCUT2D eigenvalue weighted by Gasteiger charge is -2.26. The molecular weight excluding hydrogens is 339 g/mol. The summed E-state index contributed by atoms with van der Waals surface area (Å²) in [6.07, 6.45) is 9.22. The van der Waals surface area contributed by atoms with Crippen molar-refractivity contribution in [3.05, 3.63) is 41.7 Å². The average Bonchev–Trinajstić information content (AvgIpc) is 2.69. The van der Waals surface area contributed by atoms with Crippen molar-refractivity contribution >= 4 is 0 Å². The normalized spacial score (nSPS) is 19.8. The lowest BCUT2D eigenvalue weighted by molar-refractivity contribution is 0.277. The number of halogens is 1. The van der Waals surface area contributed by atoms with Gasteiger partial charge < -0.3 is 4.74 Å². The molecule has 0 aliphatic heterocycles. The first kappa shape index (κ1) is 19.8. The third-order valence-electron chi connectivity index (χ3n) is 5.69. The summed E-state index contributed by atoms with van der Waals surface area (Å²) in [5.74, 6) is 2.00. The van der Waals surface area contributed by atoms with Crippen LogP contribution in [0.4, 0.5) is 4.39 Å². The fraction of sp³-hybridized carbons (Fsp3) is 0.565. The maximum absolute atomic E-state index is 14.6. The van der Waals surface area contributed by atoms with E-state index < -0.39 is 0 Å². The van der Waals surface area contributed by atoms with Crippen LogP contribution in [0.1, 0.15) is 64.4 Å². The topological polar surface area (TPSA) is 35.0 Å². The molecule has 0 N–H and O–H groups in total. The van der Waals surface area contributed by atoms with Crippen molar-refractivity contribution in [3.63, 3.8) is 0 Å². The zero-order valence-electron chi connectivity index (χ0n) is 16.6. The van der Waals surface area contributed by atoms with E-state index in [2.05, 4.69) is 24.0 Å². The molecule has 0 bridgehead atoms. The molecule has 1 heterocycles. The van der Waals surface area contributed by atoms with Crippen molar-refractivity contribution in [3.8, 4) is 17.1 Å².